The first-order chi connectivity index (χ1) is 8.95. The van der Waals surface area contributed by atoms with Crippen LogP contribution in [0.2, 0.25) is 0 Å². The zero-order chi connectivity index (χ0) is 14.4. The van der Waals surface area contributed by atoms with E-state index < -0.39 is 0 Å². The number of aliphatic hydroxyl groups excluding tert-OH is 1. The van der Waals surface area contributed by atoms with Crippen LogP contribution < -0.4 is 0 Å². The van der Waals surface area contributed by atoms with Crippen LogP contribution in [0, 0.1) is 23.7 Å². The second kappa shape index (κ2) is 8.09. The van der Waals surface area contributed by atoms with Gasteiger partial charge >= 0.3 is 0 Å². The summed E-state index contributed by atoms with van der Waals surface area (Å²) >= 11 is 0. The molecule has 0 radical (unpaired) electrons. The van der Waals surface area contributed by atoms with Crippen LogP contribution >= 0.6 is 0 Å². The van der Waals surface area contributed by atoms with Gasteiger partial charge in [0, 0.05) is 0 Å². The molecule has 0 unspecified atom stereocenters. The number of rotatable bonds is 6. The van der Waals surface area contributed by atoms with Crippen molar-refractivity contribution in [3.8, 4) is 0 Å². The predicted molar refractivity (Wildman–Crippen MR) is 84.1 cm³/mol. The van der Waals surface area contributed by atoms with Crippen LogP contribution in [0.15, 0.2) is 11.6 Å². The molecule has 0 aromatic heterocycles. The standard InChI is InChI=1S/C18H34O/c1-6-7-8-14(4)12-18(19)17-11-15(5)9-10-16(17)13(2)3/h12-13,15-19H,6-11H2,1-5H3/b14-12+/t15-,16-,17-,18+/m1/s1. The third kappa shape index (κ3) is 5.30. The molecule has 0 aliphatic heterocycles. The van der Waals surface area contributed by atoms with Crippen molar-refractivity contribution in [1.82, 2.24) is 0 Å². The normalized spacial score (nSPS) is 30.7. The Bertz CT molecular complexity index is 279. The molecular weight excluding hydrogens is 232 g/mol. The van der Waals surface area contributed by atoms with Gasteiger partial charge in [-0.25, -0.2) is 0 Å². The molecule has 1 fully saturated rings. The lowest BCUT2D eigenvalue weighted by molar-refractivity contribution is 0.0422. The van der Waals surface area contributed by atoms with E-state index in [0.717, 1.165) is 12.3 Å². The lowest BCUT2D eigenvalue weighted by Gasteiger charge is -2.39. The highest BCUT2D eigenvalue weighted by Gasteiger charge is 2.34. The van der Waals surface area contributed by atoms with E-state index in [2.05, 4.69) is 40.7 Å². The molecule has 0 heterocycles. The Kier molecular flexibility index (Phi) is 7.13. The smallest absolute Gasteiger partial charge is 0.0754 e. The van der Waals surface area contributed by atoms with Crippen molar-refractivity contribution in [2.24, 2.45) is 23.7 Å². The third-order valence-corrected chi connectivity index (χ3v) is 4.89. The summed E-state index contributed by atoms with van der Waals surface area (Å²) in [4.78, 5) is 0. The maximum Gasteiger partial charge on any atom is 0.0754 e. The van der Waals surface area contributed by atoms with E-state index >= 15 is 0 Å². The molecule has 0 bridgehead atoms. The Labute approximate surface area is 120 Å². The summed E-state index contributed by atoms with van der Waals surface area (Å²) in [5, 5.41) is 10.6. The number of allylic oxidation sites excluding steroid dienone is 1. The highest BCUT2D eigenvalue weighted by molar-refractivity contribution is 5.04. The Balaban J connectivity index is 2.67. The van der Waals surface area contributed by atoms with E-state index in [9.17, 15) is 5.11 Å². The largest absolute Gasteiger partial charge is 0.389 e. The van der Waals surface area contributed by atoms with Crippen molar-refractivity contribution in [2.75, 3.05) is 0 Å². The quantitative estimate of drug-likeness (QED) is 0.656. The fourth-order valence-electron chi connectivity index (χ4n) is 3.62. The van der Waals surface area contributed by atoms with E-state index in [4.69, 9.17) is 0 Å². The third-order valence-electron chi connectivity index (χ3n) is 4.89. The van der Waals surface area contributed by atoms with Crippen LogP contribution in [0.4, 0.5) is 0 Å². The number of hydrogen-bond donors (Lipinski definition) is 1. The lowest BCUT2D eigenvalue weighted by atomic mass is 9.68. The molecule has 19 heavy (non-hydrogen) atoms. The van der Waals surface area contributed by atoms with Gasteiger partial charge in [-0.1, -0.05) is 52.2 Å². The van der Waals surface area contributed by atoms with E-state index in [1.54, 1.807) is 0 Å². The van der Waals surface area contributed by atoms with Crippen molar-refractivity contribution in [2.45, 2.75) is 79.2 Å². The van der Waals surface area contributed by atoms with Gasteiger partial charge in [0.05, 0.1) is 6.10 Å². The highest BCUT2D eigenvalue weighted by atomic mass is 16.3. The van der Waals surface area contributed by atoms with Crippen molar-refractivity contribution < 1.29 is 5.11 Å². The minimum absolute atomic E-state index is 0.230. The minimum Gasteiger partial charge on any atom is -0.389 e. The Morgan fingerprint density at radius 1 is 1.26 bits per heavy atom. The number of unbranched alkanes of at least 4 members (excludes halogenated alkanes) is 1. The van der Waals surface area contributed by atoms with E-state index in [1.807, 2.05) is 0 Å². The maximum atomic E-state index is 10.6. The van der Waals surface area contributed by atoms with Crippen LogP contribution in [-0.2, 0) is 0 Å². The fourth-order valence-corrected chi connectivity index (χ4v) is 3.62. The maximum absolute atomic E-state index is 10.6. The molecular formula is C18H34O. The molecule has 1 nitrogen and oxygen atoms in total. The summed E-state index contributed by atoms with van der Waals surface area (Å²) in [6.07, 6.45) is 9.36. The van der Waals surface area contributed by atoms with Crippen molar-refractivity contribution >= 4 is 0 Å². The summed E-state index contributed by atoms with van der Waals surface area (Å²) in [6, 6.07) is 0. The molecule has 1 aliphatic rings. The minimum atomic E-state index is -0.230. The predicted octanol–water partition coefficient (Wildman–Crippen LogP) is 5.19. The van der Waals surface area contributed by atoms with Gasteiger partial charge in [0.15, 0.2) is 0 Å². The fraction of sp³-hybridized carbons (Fsp3) is 0.889. The second-order valence-electron chi connectivity index (χ2n) is 7.10. The first-order valence-corrected chi connectivity index (χ1v) is 8.31. The molecule has 1 aliphatic carbocycles. The van der Waals surface area contributed by atoms with Gasteiger partial charge in [-0.05, 0) is 56.3 Å². The van der Waals surface area contributed by atoms with Crippen LogP contribution in [0.3, 0.4) is 0 Å². The molecule has 0 spiro atoms. The first-order valence-electron chi connectivity index (χ1n) is 8.31. The van der Waals surface area contributed by atoms with Crippen molar-refractivity contribution in [3.63, 3.8) is 0 Å². The molecule has 0 aromatic rings. The van der Waals surface area contributed by atoms with Crippen LogP contribution in [0.25, 0.3) is 0 Å². The molecule has 1 heteroatoms. The highest BCUT2D eigenvalue weighted by Crippen LogP contribution is 2.40. The van der Waals surface area contributed by atoms with Crippen molar-refractivity contribution in [1.29, 1.82) is 0 Å². The Morgan fingerprint density at radius 2 is 1.95 bits per heavy atom. The summed E-state index contributed by atoms with van der Waals surface area (Å²) in [5.74, 6) is 2.64. The van der Waals surface area contributed by atoms with Gasteiger partial charge in [0.25, 0.3) is 0 Å². The van der Waals surface area contributed by atoms with Crippen LogP contribution in [0.5, 0.6) is 0 Å². The van der Waals surface area contributed by atoms with Gasteiger partial charge in [-0.3, -0.25) is 0 Å². The summed E-state index contributed by atoms with van der Waals surface area (Å²) in [6.45, 7) is 11.4. The molecule has 0 saturated heterocycles. The first kappa shape index (κ1) is 16.8. The van der Waals surface area contributed by atoms with Gasteiger partial charge in [0.1, 0.15) is 0 Å². The van der Waals surface area contributed by atoms with E-state index in [0.29, 0.717) is 17.8 Å². The topological polar surface area (TPSA) is 20.2 Å². The molecule has 1 N–H and O–H groups in total. The Hall–Kier alpha value is -0.300. The molecule has 0 amide bonds. The Morgan fingerprint density at radius 3 is 2.53 bits per heavy atom. The molecule has 4 atom stereocenters. The zero-order valence-electron chi connectivity index (χ0n) is 13.7. The van der Waals surface area contributed by atoms with Crippen LogP contribution in [-0.4, -0.2) is 11.2 Å². The zero-order valence-corrected chi connectivity index (χ0v) is 13.7. The summed E-state index contributed by atoms with van der Waals surface area (Å²) in [7, 11) is 0. The van der Waals surface area contributed by atoms with E-state index in [-0.39, 0.29) is 6.10 Å². The van der Waals surface area contributed by atoms with Crippen LogP contribution in [0.1, 0.15) is 73.1 Å². The SMILES string of the molecule is CCCC/C(C)=C/[C@H](O)[C@@H]1C[C@H](C)CC[C@@H]1C(C)C. The molecule has 1 rings (SSSR count). The average molecular weight is 266 g/mol. The van der Waals surface area contributed by atoms with Gasteiger partial charge in [0.2, 0.25) is 0 Å². The summed E-state index contributed by atoms with van der Waals surface area (Å²) in [5.41, 5.74) is 1.37. The lowest BCUT2D eigenvalue weighted by Crippen LogP contribution is -2.35. The van der Waals surface area contributed by atoms with Gasteiger partial charge in [-0.15, -0.1) is 0 Å². The monoisotopic (exact) mass is 266 g/mol. The number of hydrogen-bond acceptors (Lipinski definition) is 1. The molecule has 112 valence electrons. The van der Waals surface area contributed by atoms with E-state index in [1.165, 1.54) is 37.7 Å². The molecule has 1 saturated carbocycles. The van der Waals surface area contributed by atoms with Crippen molar-refractivity contribution in [3.05, 3.63) is 11.6 Å². The second-order valence-corrected chi connectivity index (χ2v) is 7.10. The van der Waals surface area contributed by atoms with Gasteiger partial charge in [-0.2, -0.15) is 0 Å². The average Bonchev–Trinajstić information content (AvgIpc) is 2.35. The van der Waals surface area contributed by atoms with Gasteiger partial charge < -0.3 is 5.11 Å². The molecule has 0 aromatic carbocycles. The summed E-state index contributed by atoms with van der Waals surface area (Å²) < 4.78 is 0. The number of aliphatic hydroxyl groups is 1.